The molecule has 1 aromatic heterocycles. The highest BCUT2D eigenvalue weighted by Crippen LogP contribution is 2.35. The van der Waals surface area contributed by atoms with Crippen molar-refractivity contribution in [3.8, 4) is 0 Å². The van der Waals surface area contributed by atoms with E-state index in [2.05, 4.69) is 31.0 Å². The molecule has 0 aliphatic rings. The lowest BCUT2D eigenvalue weighted by Gasteiger charge is -2.07. The standard InChI is InChI=1S/C12H9BrClFN2O2S/c1-5-9(11(18)19-2)16-12(20-5)17-10-7(13)3-6(15)4-8(10)14/h3-4H,1-2H3,(H,16,17). The van der Waals surface area contributed by atoms with E-state index in [4.69, 9.17) is 11.6 Å². The van der Waals surface area contributed by atoms with Crippen LogP contribution in [0.2, 0.25) is 5.02 Å². The third-order valence-corrected chi connectivity index (χ3v) is 4.22. The number of carbonyl (C=O) groups is 1. The smallest absolute Gasteiger partial charge is 0.357 e. The van der Waals surface area contributed by atoms with Gasteiger partial charge in [0.1, 0.15) is 5.82 Å². The van der Waals surface area contributed by atoms with Crippen molar-refractivity contribution in [1.82, 2.24) is 4.98 Å². The Hall–Kier alpha value is -1.18. The van der Waals surface area contributed by atoms with Gasteiger partial charge in [0.25, 0.3) is 0 Å². The zero-order valence-corrected chi connectivity index (χ0v) is 13.6. The molecular weight excluding hydrogens is 371 g/mol. The quantitative estimate of drug-likeness (QED) is 0.796. The Labute approximate surface area is 132 Å². The second-order valence-electron chi connectivity index (χ2n) is 3.78. The Morgan fingerprint density at radius 3 is 2.85 bits per heavy atom. The topological polar surface area (TPSA) is 51.2 Å². The van der Waals surface area contributed by atoms with Crippen molar-refractivity contribution < 1.29 is 13.9 Å². The summed E-state index contributed by atoms with van der Waals surface area (Å²) in [6.07, 6.45) is 0. The van der Waals surface area contributed by atoms with Crippen LogP contribution < -0.4 is 5.32 Å². The molecule has 0 bridgehead atoms. The number of carbonyl (C=O) groups excluding carboxylic acids is 1. The number of hydrogen-bond acceptors (Lipinski definition) is 5. The van der Waals surface area contributed by atoms with Gasteiger partial charge in [0.2, 0.25) is 0 Å². The van der Waals surface area contributed by atoms with Crippen LogP contribution in [0.1, 0.15) is 15.4 Å². The molecule has 0 radical (unpaired) electrons. The van der Waals surface area contributed by atoms with Gasteiger partial charge in [0, 0.05) is 9.35 Å². The number of benzene rings is 1. The number of nitrogens with zero attached hydrogens (tertiary/aromatic N) is 1. The zero-order valence-electron chi connectivity index (χ0n) is 10.5. The van der Waals surface area contributed by atoms with Crippen LogP contribution >= 0.6 is 38.9 Å². The molecular formula is C12H9BrClFN2O2S. The maximum absolute atomic E-state index is 13.2. The predicted molar refractivity (Wildman–Crippen MR) is 80.6 cm³/mol. The summed E-state index contributed by atoms with van der Waals surface area (Å²) in [6, 6.07) is 2.48. The normalized spacial score (nSPS) is 10.4. The Bertz CT molecular complexity index is 654. The van der Waals surface area contributed by atoms with Gasteiger partial charge in [-0.25, -0.2) is 14.2 Å². The van der Waals surface area contributed by atoms with Crippen LogP contribution in [0.15, 0.2) is 16.6 Å². The number of halogens is 3. The Morgan fingerprint density at radius 1 is 1.55 bits per heavy atom. The molecule has 0 spiro atoms. The first-order chi connectivity index (χ1) is 9.42. The third-order valence-electron chi connectivity index (χ3n) is 2.41. The average molecular weight is 380 g/mol. The molecule has 4 nitrogen and oxygen atoms in total. The number of rotatable bonds is 3. The molecule has 2 rings (SSSR count). The SMILES string of the molecule is COC(=O)c1nc(Nc2c(Cl)cc(F)cc2Br)sc1C. The highest BCUT2D eigenvalue weighted by molar-refractivity contribution is 9.10. The second kappa shape index (κ2) is 6.07. The highest BCUT2D eigenvalue weighted by Gasteiger charge is 2.17. The van der Waals surface area contributed by atoms with Gasteiger partial charge < -0.3 is 10.1 Å². The minimum absolute atomic E-state index is 0.212. The van der Waals surface area contributed by atoms with E-state index in [0.717, 1.165) is 0 Å². The number of thiazole rings is 1. The van der Waals surface area contributed by atoms with Gasteiger partial charge in [0.05, 0.1) is 17.8 Å². The maximum atomic E-state index is 13.2. The van der Waals surface area contributed by atoms with Gasteiger partial charge >= 0.3 is 5.97 Å². The van der Waals surface area contributed by atoms with Gasteiger partial charge in [-0.3, -0.25) is 0 Å². The highest BCUT2D eigenvalue weighted by atomic mass is 79.9. The van der Waals surface area contributed by atoms with Crippen molar-refractivity contribution in [3.63, 3.8) is 0 Å². The Kier molecular flexibility index (Phi) is 4.62. The van der Waals surface area contributed by atoms with E-state index >= 15 is 0 Å². The van der Waals surface area contributed by atoms with Gasteiger partial charge in [-0.1, -0.05) is 11.6 Å². The number of anilines is 2. The molecule has 0 aliphatic carbocycles. The van der Waals surface area contributed by atoms with E-state index in [0.29, 0.717) is 20.2 Å². The average Bonchev–Trinajstić information content (AvgIpc) is 2.74. The summed E-state index contributed by atoms with van der Waals surface area (Å²) in [7, 11) is 1.29. The fourth-order valence-corrected chi connectivity index (χ4v) is 3.21. The molecule has 0 saturated carbocycles. The Morgan fingerprint density at radius 2 is 2.25 bits per heavy atom. The first kappa shape index (κ1) is 15.2. The minimum atomic E-state index is -0.504. The molecule has 106 valence electrons. The van der Waals surface area contributed by atoms with Crippen LogP contribution in [0, 0.1) is 12.7 Å². The number of methoxy groups -OCH3 is 1. The minimum Gasteiger partial charge on any atom is -0.464 e. The largest absolute Gasteiger partial charge is 0.464 e. The van der Waals surface area contributed by atoms with Crippen molar-refractivity contribution in [3.05, 3.63) is 38.0 Å². The molecule has 1 aromatic carbocycles. The van der Waals surface area contributed by atoms with E-state index in [9.17, 15) is 9.18 Å². The number of esters is 1. The summed E-state index contributed by atoms with van der Waals surface area (Å²) in [5.41, 5.74) is 0.729. The van der Waals surface area contributed by atoms with Gasteiger partial charge in [-0.05, 0) is 35.0 Å². The molecule has 0 aliphatic heterocycles. The fraction of sp³-hybridized carbons (Fsp3) is 0.167. The monoisotopic (exact) mass is 378 g/mol. The van der Waals surface area contributed by atoms with E-state index < -0.39 is 11.8 Å². The van der Waals surface area contributed by atoms with Crippen LogP contribution in [0.4, 0.5) is 15.2 Å². The maximum Gasteiger partial charge on any atom is 0.357 e. The molecule has 0 atom stereocenters. The van der Waals surface area contributed by atoms with E-state index in [1.807, 2.05) is 0 Å². The van der Waals surface area contributed by atoms with Crippen LogP contribution in [0.3, 0.4) is 0 Å². The van der Waals surface area contributed by atoms with Crippen LogP contribution in [0.5, 0.6) is 0 Å². The molecule has 1 heterocycles. The summed E-state index contributed by atoms with van der Waals surface area (Å²) >= 11 is 10.5. The van der Waals surface area contributed by atoms with Gasteiger partial charge in [0.15, 0.2) is 10.8 Å². The first-order valence-corrected chi connectivity index (χ1v) is 7.38. The first-order valence-electron chi connectivity index (χ1n) is 5.39. The van der Waals surface area contributed by atoms with Crippen molar-refractivity contribution >= 4 is 55.7 Å². The van der Waals surface area contributed by atoms with Crippen molar-refractivity contribution in [2.75, 3.05) is 12.4 Å². The third kappa shape index (κ3) is 3.11. The van der Waals surface area contributed by atoms with E-state index in [1.54, 1.807) is 6.92 Å². The summed E-state index contributed by atoms with van der Waals surface area (Å²) in [6.45, 7) is 1.76. The number of aryl methyl sites for hydroxylation is 1. The molecule has 20 heavy (non-hydrogen) atoms. The zero-order chi connectivity index (χ0) is 14.9. The lowest BCUT2D eigenvalue weighted by molar-refractivity contribution is 0.0594. The lowest BCUT2D eigenvalue weighted by atomic mass is 10.3. The predicted octanol–water partition coefficient (Wildman–Crippen LogP) is 4.54. The van der Waals surface area contributed by atoms with E-state index in [-0.39, 0.29) is 10.7 Å². The number of nitrogens with one attached hydrogen (secondary N) is 1. The van der Waals surface area contributed by atoms with Crippen LogP contribution in [-0.2, 0) is 4.74 Å². The molecule has 1 N–H and O–H groups in total. The number of aromatic nitrogens is 1. The molecule has 2 aromatic rings. The molecule has 8 heteroatoms. The summed E-state index contributed by atoms with van der Waals surface area (Å²) in [5.74, 6) is -0.950. The van der Waals surface area contributed by atoms with E-state index in [1.165, 1.54) is 30.6 Å². The van der Waals surface area contributed by atoms with Gasteiger partial charge in [-0.2, -0.15) is 0 Å². The van der Waals surface area contributed by atoms with Crippen LogP contribution in [-0.4, -0.2) is 18.1 Å². The summed E-state index contributed by atoms with van der Waals surface area (Å²) in [4.78, 5) is 16.3. The Balaban J connectivity index is 2.34. The lowest BCUT2D eigenvalue weighted by Crippen LogP contribution is -2.03. The number of ether oxygens (including phenoxy) is 1. The fourth-order valence-electron chi connectivity index (χ4n) is 1.50. The number of hydrogen-bond donors (Lipinski definition) is 1. The molecule has 0 amide bonds. The van der Waals surface area contributed by atoms with Crippen LogP contribution in [0.25, 0.3) is 0 Å². The molecule has 0 saturated heterocycles. The van der Waals surface area contributed by atoms with Crippen molar-refractivity contribution in [1.29, 1.82) is 0 Å². The van der Waals surface area contributed by atoms with Crippen molar-refractivity contribution in [2.45, 2.75) is 6.92 Å². The van der Waals surface area contributed by atoms with Crippen molar-refractivity contribution in [2.24, 2.45) is 0 Å². The second-order valence-corrected chi connectivity index (χ2v) is 6.25. The van der Waals surface area contributed by atoms with Gasteiger partial charge in [-0.15, -0.1) is 11.3 Å². The summed E-state index contributed by atoms with van der Waals surface area (Å²) in [5, 5.41) is 3.64. The molecule has 0 fully saturated rings. The summed E-state index contributed by atoms with van der Waals surface area (Å²) < 4.78 is 18.3. The molecule has 0 unspecified atom stereocenters.